The summed E-state index contributed by atoms with van der Waals surface area (Å²) in [6.45, 7) is 1.18. The van der Waals surface area contributed by atoms with Crippen LogP contribution in [-0.2, 0) is 6.42 Å². The lowest BCUT2D eigenvalue weighted by molar-refractivity contribution is 0.0639. The fraction of sp³-hybridized carbons (Fsp3) is 0.444. The summed E-state index contributed by atoms with van der Waals surface area (Å²) in [5.74, 6) is -0.625. The van der Waals surface area contributed by atoms with E-state index in [9.17, 15) is 13.2 Å². The van der Waals surface area contributed by atoms with Crippen molar-refractivity contribution in [2.24, 2.45) is 5.73 Å². The third kappa shape index (κ3) is 3.07. The largest absolute Gasteiger partial charge is 0.320 e. The number of nitrogens with two attached hydrogens (primary N) is 1. The summed E-state index contributed by atoms with van der Waals surface area (Å²) in [7, 11) is 0. The first-order chi connectivity index (χ1) is 6.83. The fourth-order valence-electron chi connectivity index (χ4n) is 1.08. The minimum absolute atomic E-state index is 0.00581. The lowest BCUT2D eigenvalue weighted by Gasteiger charge is -2.23. The van der Waals surface area contributed by atoms with Gasteiger partial charge in [0.1, 0.15) is 11.0 Å². The van der Waals surface area contributed by atoms with Crippen molar-refractivity contribution in [3.05, 3.63) is 28.8 Å². The molecule has 0 radical (unpaired) electrons. The lowest BCUT2D eigenvalue weighted by atomic mass is 9.95. The van der Waals surface area contributed by atoms with Gasteiger partial charge >= 0.3 is 0 Å². The van der Waals surface area contributed by atoms with Crippen molar-refractivity contribution in [1.82, 2.24) is 4.98 Å². The van der Waals surface area contributed by atoms with Gasteiger partial charge in [0.15, 0.2) is 0 Å². The van der Waals surface area contributed by atoms with E-state index in [1.54, 1.807) is 0 Å². The van der Waals surface area contributed by atoms with Gasteiger partial charge in [0.25, 0.3) is 6.43 Å². The highest BCUT2D eigenvalue weighted by atomic mass is 35.5. The van der Waals surface area contributed by atoms with Crippen molar-refractivity contribution in [2.75, 3.05) is 0 Å². The first-order valence-electron chi connectivity index (χ1n) is 4.20. The van der Waals surface area contributed by atoms with Crippen molar-refractivity contribution in [1.29, 1.82) is 0 Å². The first kappa shape index (κ1) is 12.3. The van der Waals surface area contributed by atoms with Crippen molar-refractivity contribution < 1.29 is 13.2 Å². The molecule has 1 unspecified atom stereocenters. The lowest BCUT2D eigenvalue weighted by Crippen LogP contribution is -2.46. The number of nitrogens with zero attached hydrogens (tertiary/aromatic N) is 1. The van der Waals surface area contributed by atoms with Crippen molar-refractivity contribution in [2.45, 2.75) is 25.3 Å². The fourth-order valence-corrected chi connectivity index (χ4v) is 1.25. The summed E-state index contributed by atoms with van der Waals surface area (Å²) in [6.07, 6.45) is -2.02. The molecule has 0 aliphatic rings. The number of halogens is 4. The maximum Gasteiger partial charge on any atom is 0.256 e. The molecule has 15 heavy (non-hydrogen) atoms. The maximum atomic E-state index is 12.8. The van der Waals surface area contributed by atoms with Crippen LogP contribution in [0.1, 0.15) is 12.5 Å². The van der Waals surface area contributed by atoms with Gasteiger partial charge in [-0.05, 0) is 25.0 Å². The van der Waals surface area contributed by atoms with Gasteiger partial charge in [-0.3, -0.25) is 0 Å². The summed E-state index contributed by atoms with van der Waals surface area (Å²) < 4.78 is 37.7. The van der Waals surface area contributed by atoms with E-state index in [4.69, 9.17) is 17.3 Å². The van der Waals surface area contributed by atoms with Crippen LogP contribution in [0.4, 0.5) is 13.2 Å². The first-order valence-corrected chi connectivity index (χ1v) is 4.57. The molecule has 2 N–H and O–H groups in total. The Balaban J connectivity index is 2.94. The van der Waals surface area contributed by atoms with E-state index in [-0.39, 0.29) is 17.1 Å². The van der Waals surface area contributed by atoms with Crippen LogP contribution in [0.25, 0.3) is 0 Å². The van der Waals surface area contributed by atoms with Gasteiger partial charge in [0.05, 0.1) is 11.7 Å². The average Bonchev–Trinajstić information content (AvgIpc) is 2.10. The normalized spacial score (nSPS) is 15.4. The zero-order valence-corrected chi connectivity index (χ0v) is 8.73. The zero-order valence-electron chi connectivity index (χ0n) is 7.98. The second-order valence-electron chi connectivity index (χ2n) is 3.59. The molecule has 0 aliphatic carbocycles. The molecule has 0 fully saturated rings. The van der Waals surface area contributed by atoms with E-state index in [0.29, 0.717) is 0 Å². The van der Waals surface area contributed by atoms with Gasteiger partial charge in [-0.2, -0.15) is 0 Å². The number of aromatic nitrogens is 1. The molecule has 1 atom stereocenters. The second-order valence-corrected chi connectivity index (χ2v) is 3.94. The molecule has 0 aromatic carbocycles. The van der Waals surface area contributed by atoms with E-state index in [2.05, 4.69) is 4.98 Å². The Kier molecular flexibility index (Phi) is 3.57. The standard InChI is InChI=1S/C9H10ClF3N2/c1-9(14,8(12)13)3-5-2-6(11)4-15-7(5)10/h2,4,8H,3,14H2,1H3. The molecule has 1 heterocycles. The van der Waals surface area contributed by atoms with Crippen LogP contribution >= 0.6 is 11.6 Å². The molecule has 0 aliphatic heterocycles. The molecule has 0 saturated heterocycles. The Hall–Kier alpha value is -0.810. The van der Waals surface area contributed by atoms with Crippen molar-refractivity contribution in [3.8, 4) is 0 Å². The molecule has 0 amide bonds. The van der Waals surface area contributed by atoms with Crippen LogP contribution in [-0.4, -0.2) is 16.9 Å². The number of pyridine rings is 1. The third-order valence-corrected chi connectivity index (χ3v) is 2.29. The Morgan fingerprint density at radius 2 is 2.20 bits per heavy atom. The maximum absolute atomic E-state index is 12.8. The van der Waals surface area contributed by atoms with Gasteiger partial charge in [-0.15, -0.1) is 0 Å². The molecule has 0 spiro atoms. The van der Waals surface area contributed by atoms with Crippen molar-refractivity contribution in [3.63, 3.8) is 0 Å². The summed E-state index contributed by atoms with van der Waals surface area (Å²) >= 11 is 5.63. The van der Waals surface area contributed by atoms with Crippen LogP contribution in [0.2, 0.25) is 5.15 Å². The van der Waals surface area contributed by atoms with Gasteiger partial charge < -0.3 is 5.73 Å². The second kappa shape index (κ2) is 4.37. The Morgan fingerprint density at radius 3 is 2.73 bits per heavy atom. The summed E-state index contributed by atoms with van der Waals surface area (Å²) in [6, 6.07) is 1.06. The van der Waals surface area contributed by atoms with Gasteiger partial charge in [-0.1, -0.05) is 11.6 Å². The van der Waals surface area contributed by atoms with E-state index < -0.39 is 17.8 Å². The monoisotopic (exact) mass is 238 g/mol. The summed E-state index contributed by atoms with van der Waals surface area (Å²) in [5, 5.41) is -0.00581. The molecule has 6 heteroatoms. The highest BCUT2D eigenvalue weighted by Crippen LogP contribution is 2.22. The molecular formula is C9H10ClF3N2. The minimum atomic E-state index is -2.71. The van der Waals surface area contributed by atoms with E-state index in [1.807, 2.05) is 0 Å². The number of rotatable bonds is 3. The van der Waals surface area contributed by atoms with E-state index in [1.165, 1.54) is 6.92 Å². The summed E-state index contributed by atoms with van der Waals surface area (Å²) in [4.78, 5) is 3.51. The minimum Gasteiger partial charge on any atom is -0.320 e. The van der Waals surface area contributed by atoms with Crippen LogP contribution < -0.4 is 5.73 Å². The number of hydrogen-bond donors (Lipinski definition) is 1. The van der Waals surface area contributed by atoms with Crippen LogP contribution in [0.15, 0.2) is 12.3 Å². The molecule has 84 valence electrons. The van der Waals surface area contributed by atoms with Crippen LogP contribution in [0.5, 0.6) is 0 Å². The highest BCUT2D eigenvalue weighted by molar-refractivity contribution is 6.30. The van der Waals surface area contributed by atoms with Crippen molar-refractivity contribution >= 4 is 11.6 Å². The smallest absolute Gasteiger partial charge is 0.256 e. The predicted molar refractivity (Wildman–Crippen MR) is 51.5 cm³/mol. The Labute approximate surface area is 90.3 Å². The highest BCUT2D eigenvalue weighted by Gasteiger charge is 2.31. The molecule has 0 saturated carbocycles. The van der Waals surface area contributed by atoms with E-state index in [0.717, 1.165) is 12.3 Å². The van der Waals surface area contributed by atoms with Gasteiger partial charge in [-0.25, -0.2) is 18.2 Å². The SMILES string of the molecule is CC(N)(Cc1cc(F)cnc1Cl)C(F)F. The summed E-state index contributed by atoms with van der Waals surface area (Å²) in [5.41, 5.74) is 3.80. The molecular weight excluding hydrogens is 229 g/mol. The molecule has 0 bridgehead atoms. The Morgan fingerprint density at radius 1 is 1.60 bits per heavy atom. The van der Waals surface area contributed by atoms with Crippen LogP contribution in [0, 0.1) is 5.82 Å². The number of alkyl halides is 2. The topological polar surface area (TPSA) is 38.9 Å². The zero-order chi connectivity index (χ0) is 11.6. The van der Waals surface area contributed by atoms with Gasteiger partial charge in [0, 0.05) is 0 Å². The molecule has 1 aromatic rings. The Bertz CT molecular complexity index is 355. The third-order valence-electron chi connectivity index (χ3n) is 1.95. The molecule has 1 aromatic heterocycles. The van der Waals surface area contributed by atoms with E-state index >= 15 is 0 Å². The number of hydrogen-bond acceptors (Lipinski definition) is 2. The average molecular weight is 239 g/mol. The molecule has 1 rings (SSSR count). The van der Waals surface area contributed by atoms with Crippen LogP contribution in [0.3, 0.4) is 0 Å². The predicted octanol–water partition coefficient (Wildman–Crippen LogP) is 2.40. The molecule has 2 nitrogen and oxygen atoms in total. The van der Waals surface area contributed by atoms with Gasteiger partial charge in [0.2, 0.25) is 0 Å². The quantitative estimate of drug-likeness (QED) is 0.822.